The van der Waals surface area contributed by atoms with Crippen LogP contribution in [0, 0.1) is 0 Å². The maximum absolute atomic E-state index is 5.44. The number of thiocarbonyl (C=S) groups is 1. The Bertz CT molecular complexity index is 714. The molecule has 1 atom stereocenters. The van der Waals surface area contributed by atoms with Crippen LogP contribution in [0.1, 0.15) is 43.9 Å². The van der Waals surface area contributed by atoms with Crippen LogP contribution in [-0.2, 0) is 0 Å². The van der Waals surface area contributed by atoms with E-state index in [-0.39, 0.29) is 6.04 Å². The first-order chi connectivity index (χ1) is 11.9. The van der Waals surface area contributed by atoms with E-state index in [1.54, 1.807) is 14.2 Å². The van der Waals surface area contributed by atoms with E-state index in [1.807, 2.05) is 37.3 Å². The first-order valence-corrected chi connectivity index (χ1v) is 8.74. The Morgan fingerprint density at radius 1 is 0.960 bits per heavy atom. The summed E-state index contributed by atoms with van der Waals surface area (Å²) in [6, 6.07) is 14.0. The van der Waals surface area contributed by atoms with Gasteiger partial charge in [-0.2, -0.15) is 0 Å². The number of rotatable bonds is 6. The van der Waals surface area contributed by atoms with Crippen LogP contribution >= 0.6 is 12.2 Å². The van der Waals surface area contributed by atoms with Crippen molar-refractivity contribution in [1.82, 2.24) is 5.32 Å². The molecule has 134 valence electrons. The number of ether oxygens (including phenoxy) is 2. The van der Waals surface area contributed by atoms with E-state index in [0.29, 0.717) is 11.0 Å². The van der Waals surface area contributed by atoms with E-state index in [9.17, 15) is 0 Å². The lowest BCUT2D eigenvalue weighted by molar-refractivity contribution is 0.395. The monoisotopic (exact) mass is 358 g/mol. The van der Waals surface area contributed by atoms with E-state index < -0.39 is 0 Å². The van der Waals surface area contributed by atoms with E-state index in [0.717, 1.165) is 22.7 Å². The standard InChI is InChI=1S/C20H26N2O2S/c1-13(2)15-6-8-16(9-7-15)22-20(25)21-14(3)18-12-17(23-4)10-11-19(18)24-5/h6-14H,1-5H3,(H2,21,22,25). The Hall–Kier alpha value is -2.27. The highest BCUT2D eigenvalue weighted by molar-refractivity contribution is 7.80. The highest BCUT2D eigenvalue weighted by atomic mass is 32.1. The molecule has 4 nitrogen and oxygen atoms in total. The number of hydrogen-bond acceptors (Lipinski definition) is 3. The van der Waals surface area contributed by atoms with Crippen LogP contribution in [0.5, 0.6) is 11.5 Å². The fraction of sp³-hybridized carbons (Fsp3) is 0.350. The predicted octanol–water partition coefficient (Wildman–Crippen LogP) is 4.87. The van der Waals surface area contributed by atoms with Crippen molar-refractivity contribution in [1.29, 1.82) is 0 Å². The minimum absolute atomic E-state index is 0.0278. The second-order valence-electron chi connectivity index (χ2n) is 6.20. The lowest BCUT2D eigenvalue weighted by Gasteiger charge is -2.20. The normalized spacial score (nSPS) is 11.8. The van der Waals surface area contributed by atoms with Gasteiger partial charge in [0.2, 0.25) is 0 Å². The summed E-state index contributed by atoms with van der Waals surface area (Å²) in [5, 5.41) is 7.08. The Balaban J connectivity index is 2.04. The van der Waals surface area contributed by atoms with Gasteiger partial charge < -0.3 is 20.1 Å². The number of hydrogen-bond donors (Lipinski definition) is 2. The van der Waals surface area contributed by atoms with Crippen molar-refractivity contribution in [2.75, 3.05) is 19.5 Å². The highest BCUT2D eigenvalue weighted by Gasteiger charge is 2.14. The molecule has 0 fully saturated rings. The summed E-state index contributed by atoms with van der Waals surface area (Å²) in [5.41, 5.74) is 3.26. The van der Waals surface area contributed by atoms with Gasteiger partial charge in [-0.1, -0.05) is 26.0 Å². The molecule has 0 aliphatic carbocycles. The summed E-state index contributed by atoms with van der Waals surface area (Å²) < 4.78 is 10.7. The van der Waals surface area contributed by atoms with Crippen LogP contribution in [0.25, 0.3) is 0 Å². The molecule has 5 heteroatoms. The molecular weight excluding hydrogens is 332 g/mol. The average Bonchev–Trinajstić information content (AvgIpc) is 2.61. The number of nitrogens with one attached hydrogen (secondary N) is 2. The maximum Gasteiger partial charge on any atom is 0.171 e. The lowest BCUT2D eigenvalue weighted by Crippen LogP contribution is -2.31. The smallest absolute Gasteiger partial charge is 0.171 e. The number of anilines is 1. The van der Waals surface area contributed by atoms with Gasteiger partial charge in [-0.3, -0.25) is 0 Å². The maximum atomic E-state index is 5.44. The third kappa shape index (κ3) is 5.10. The van der Waals surface area contributed by atoms with Crippen molar-refractivity contribution in [2.45, 2.75) is 32.7 Å². The summed E-state index contributed by atoms with van der Waals surface area (Å²) >= 11 is 5.44. The molecule has 0 amide bonds. The molecule has 2 aromatic rings. The van der Waals surface area contributed by atoms with E-state index >= 15 is 0 Å². The first-order valence-electron chi connectivity index (χ1n) is 8.34. The molecule has 0 aromatic heterocycles. The fourth-order valence-corrected chi connectivity index (χ4v) is 2.87. The molecule has 0 saturated carbocycles. The molecule has 0 saturated heterocycles. The zero-order valence-electron chi connectivity index (χ0n) is 15.4. The Kier molecular flexibility index (Phi) is 6.65. The van der Waals surface area contributed by atoms with Crippen LogP contribution in [0.4, 0.5) is 5.69 Å². The number of methoxy groups -OCH3 is 2. The zero-order chi connectivity index (χ0) is 18.4. The molecule has 2 N–H and O–H groups in total. The fourth-order valence-electron chi connectivity index (χ4n) is 2.57. The second kappa shape index (κ2) is 8.72. The summed E-state index contributed by atoms with van der Waals surface area (Å²) in [5.74, 6) is 2.09. The van der Waals surface area contributed by atoms with Crippen LogP contribution < -0.4 is 20.1 Å². The highest BCUT2D eigenvalue weighted by Crippen LogP contribution is 2.29. The lowest BCUT2D eigenvalue weighted by atomic mass is 10.0. The summed E-state index contributed by atoms with van der Waals surface area (Å²) in [6.07, 6.45) is 0. The van der Waals surface area contributed by atoms with Crippen molar-refractivity contribution >= 4 is 23.0 Å². The Morgan fingerprint density at radius 3 is 2.20 bits per heavy atom. The van der Waals surface area contributed by atoms with Crippen molar-refractivity contribution in [2.24, 2.45) is 0 Å². The van der Waals surface area contributed by atoms with Crippen molar-refractivity contribution < 1.29 is 9.47 Å². The Labute approximate surface area is 155 Å². The zero-order valence-corrected chi connectivity index (χ0v) is 16.2. The van der Waals surface area contributed by atoms with Crippen molar-refractivity contribution in [3.8, 4) is 11.5 Å². The van der Waals surface area contributed by atoms with Gasteiger partial charge in [0, 0.05) is 11.3 Å². The van der Waals surface area contributed by atoms with E-state index in [1.165, 1.54) is 5.56 Å². The summed E-state index contributed by atoms with van der Waals surface area (Å²) in [7, 11) is 3.31. The van der Waals surface area contributed by atoms with Gasteiger partial charge in [0.05, 0.1) is 20.3 Å². The van der Waals surface area contributed by atoms with Gasteiger partial charge >= 0.3 is 0 Å². The molecule has 0 heterocycles. The van der Waals surface area contributed by atoms with Crippen molar-refractivity contribution in [3.63, 3.8) is 0 Å². The molecule has 1 unspecified atom stereocenters. The van der Waals surface area contributed by atoms with Crippen LogP contribution in [0.3, 0.4) is 0 Å². The van der Waals surface area contributed by atoms with Gasteiger partial charge in [0.1, 0.15) is 11.5 Å². The van der Waals surface area contributed by atoms with Gasteiger partial charge in [-0.05, 0) is 61.0 Å². The predicted molar refractivity (Wildman–Crippen MR) is 108 cm³/mol. The Morgan fingerprint density at radius 2 is 1.64 bits per heavy atom. The third-order valence-corrected chi connectivity index (χ3v) is 4.31. The SMILES string of the molecule is COc1ccc(OC)c(C(C)NC(=S)Nc2ccc(C(C)C)cc2)c1. The second-order valence-corrected chi connectivity index (χ2v) is 6.61. The average molecular weight is 359 g/mol. The molecule has 0 bridgehead atoms. The molecule has 0 spiro atoms. The van der Waals surface area contributed by atoms with Gasteiger partial charge in [0.25, 0.3) is 0 Å². The molecule has 0 aliphatic heterocycles. The molecule has 25 heavy (non-hydrogen) atoms. The minimum atomic E-state index is -0.0278. The van der Waals surface area contributed by atoms with Crippen LogP contribution in [0.15, 0.2) is 42.5 Å². The topological polar surface area (TPSA) is 42.5 Å². The molecular formula is C20H26N2O2S. The summed E-state index contributed by atoms with van der Waals surface area (Å²) in [4.78, 5) is 0. The van der Waals surface area contributed by atoms with Crippen LogP contribution in [0.2, 0.25) is 0 Å². The van der Waals surface area contributed by atoms with Crippen LogP contribution in [-0.4, -0.2) is 19.3 Å². The molecule has 0 aliphatic rings. The molecule has 0 radical (unpaired) electrons. The third-order valence-electron chi connectivity index (χ3n) is 4.09. The van der Waals surface area contributed by atoms with E-state index in [2.05, 4.69) is 36.6 Å². The van der Waals surface area contributed by atoms with Gasteiger partial charge in [-0.15, -0.1) is 0 Å². The van der Waals surface area contributed by atoms with Gasteiger partial charge in [0.15, 0.2) is 5.11 Å². The molecule has 2 aromatic carbocycles. The van der Waals surface area contributed by atoms with E-state index in [4.69, 9.17) is 21.7 Å². The van der Waals surface area contributed by atoms with Crippen molar-refractivity contribution in [3.05, 3.63) is 53.6 Å². The van der Waals surface area contributed by atoms with Gasteiger partial charge in [-0.25, -0.2) is 0 Å². The molecule has 2 rings (SSSR count). The quantitative estimate of drug-likeness (QED) is 0.721. The number of benzene rings is 2. The first kappa shape index (κ1) is 19.1. The minimum Gasteiger partial charge on any atom is -0.497 e. The summed E-state index contributed by atoms with van der Waals surface area (Å²) in [6.45, 7) is 6.39. The largest absolute Gasteiger partial charge is 0.497 e.